The van der Waals surface area contributed by atoms with Crippen LogP contribution in [0.1, 0.15) is 43.9 Å². The molecule has 3 rings (SSSR count). The summed E-state index contributed by atoms with van der Waals surface area (Å²) in [4.78, 5) is 26.8. The number of hydrogen-bond donors (Lipinski definition) is 2. The van der Waals surface area contributed by atoms with E-state index < -0.39 is 31.5 Å². The van der Waals surface area contributed by atoms with Gasteiger partial charge < -0.3 is 14.6 Å². The van der Waals surface area contributed by atoms with Crippen molar-refractivity contribution < 1.29 is 23.4 Å². The predicted molar refractivity (Wildman–Crippen MR) is 154 cm³/mol. The summed E-state index contributed by atoms with van der Waals surface area (Å²) in [7, 11) is -3.46. The van der Waals surface area contributed by atoms with E-state index in [0.29, 0.717) is 6.42 Å². The Hall–Kier alpha value is -3.25. The monoisotopic (exact) mass is 550 g/mol. The largest absolute Gasteiger partial charge is 0.459 e. The fraction of sp³-hybridized carbons (Fsp3) is 0.355. The molecule has 208 valence electrons. The molecule has 0 heterocycles. The third-order valence-electron chi connectivity index (χ3n) is 6.05. The highest BCUT2D eigenvalue weighted by molar-refractivity contribution is 7.56. The van der Waals surface area contributed by atoms with Crippen LogP contribution in [-0.2, 0) is 42.6 Å². The lowest BCUT2D eigenvalue weighted by atomic mass is 10.0. The van der Waals surface area contributed by atoms with E-state index in [1.807, 2.05) is 105 Å². The molecule has 0 saturated carbocycles. The number of ether oxygens (including phenoxy) is 1. The van der Waals surface area contributed by atoms with Crippen molar-refractivity contribution in [3.8, 4) is 0 Å². The van der Waals surface area contributed by atoms with Crippen molar-refractivity contribution >= 4 is 19.4 Å². The Bertz CT molecular complexity index is 1210. The van der Waals surface area contributed by atoms with Crippen LogP contribution in [0.2, 0.25) is 0 Å². The molecule has 3 aromatic rings. The minimum Gasteiger partial charge on any atom is -0.459 e. The average molecular weight is 551 g/mol. The van der Waals surface area contributed by atoms with Gasteiger partial charge in [-0.15, -0.1) is 0 Å². The molecule has 0 bridgehead atoms. The van der Waals surface area contributed by atoms with Crippen molar-refractivity contribution in [2.24, 2.45) is 5.92 Å². The van der Waals surface area contributed by atoms with Crippen molar-refractivity contribution in [3.63, 3.8) is 0 Å². The number of amides is 1. The third-order valence-corrected chi connectivity index (χ3v) is 8.22. The maximum atomic E-state index is 13.9. The summed E-state index contributed by atoms with van der Waals surface area (Å²) in [5.74, 6) is -0.807. The highest BCUT2D eigenvalue weighted by atomic mass is 31.2. The van der Waals surface area contributed by atoms with Crippen LogP contribution in [0.15, 0.2) is 91.0 Å². The molecule has 0 aliphatic carbocycles. The molecule has 0 spiro atoms. The number of carbonyl (C=O) groups is 2. The van der Waals surface area contributed by atoms with Crippen molar-refractivity contribution in [1.82, 2.24) is 10.4 Å². The highest BCUT2D eigenvalue weighted by Crippen LogP contribution is 2.46. The zero-order valence-electron chi connectivity index (χ0n) is 22.9. The van der Waals surface area contributed by atoms with Gasteiger partial charge in [-0.1, -0.05) is 105 Å². The van der Waals surface area contributed by atoms with E-state index in [1.165, 1.54) is 0 Å². The van der Waals surface area contributed by atoms with Crippen molar-refractivity contribution in [2.45, 2.75) is 58.5 Å². The van der Waals surface area contributed by atoms with Crippen LogP contribution < -0.4 is 10.4 Å². The summed E-state index contributed by atoms with van der Waals surface area (Å²) in [5.41, 5.74) is 2.59. The molecule has 0 aliphatic rings. The van der Waals surface area contributed by atoms with E-state index in [0.717, 1.165) is 16.7 Å². The molecule has 2 N–H and O–H groups in total. The van der Waals surface area contributed by atoms with Crippen LogP contribution in [0.4, 0.5) is 0 Å². The lowest BCUT2D eigenvalue weighted by Gasteiger charge is -2.27. The third kappa shape index (κ3) is 10.4. The Morgan fingerprint density at radius 2 is 1.33 bits per heavy atom. The Morgan fingerprint density at radius 3 is 1.87 bits per heavy atom. The van der Waals surface area contributed by atoms with E-state index in [9.17, 15) is 14.2 Å². The van der Waals surface area contributed by atoms with Crippen molar-refractivity contribution in [3.05, 3.63) is 108 Å². The van der Waals surface area contributed by atoms with Gasteiger partial charge in [-0.05, 0) is 42.4 Å². The summed E-state index contributed by atoms with van der Waals surface area (Å²) in [6.07, 6.45) is 0.811. The molecule has 8 heteroatoms. The second-order valence-electron chi connectivity index (χ2n) is 9.89. The second kappa shape index (κ2) is 15.4. The van der Waals surface area contributed by atoms with E-state index in [2.05, 4.69) is 10.4 Å². The van der Waals surface area contributed by atoms with Crippen molar-refractivity contribution in [2.75, 3.05) is 6.61 Å². The molecule has 3 atom stereocenters. The highest BCUT2D eigenvalue weighted by Gasteiger charge is 2.33. The van der Waals surface area contributed by atoms with Gasteiger partial charge in [0.05, 0.1) is 18.8 Å². The molecule has 7 nitrogen and oxygen atoms in total. The van der Waals surface area contributed by atoms with Gasteiger partial charge in [0, 0.05) is 0 Å². The van der Waals surface area contributed by atoms with Crippen LogP contribution in [-0.4, -0.2) is 30.6 Å². The van der Waals surface area contributed by atoms with Gasteiger partial charge in [-0.2, -0.15) is 0 Å². The topological polar surface area (TPSA) is 93.7 Å². The molecule has 0 aliphatic heterocycles. The van der Waals surface area contributed by atoms with Crippen molar-refractivity contribution in [1.29, 1.82) is 0 Å². The lowest BCUT2D eigenvalue weighted by molar-refractivity contribution is -0.149. The van der Waals surface area contributed by atoms with E-state index in [4.69, 9.17) is 9.26 Å². The fourth-order valence-electron chi connectivity index (χ4n) is 4.23. The second-order valence-corrected chi connectivity index (χ2v) is 12.1. The summed E-state index contributed by atoms with van der Waals surface area (Å²) >= 11 is 0. The molecule has 39 heavy (non-hydrogen) atoms. The normalized spacial score (nSPS) is 14.3. The first-order valence-corrected chi connectivity index (χ1v) is 15.2. The quantitative estimate of drug-likeness (QED) is 0.181. The summed E-state index contributed by atoms with van der Waals surface area (Å²) in [6, 6.07) is 26.5. The zero-order chi connectivity index (χ0) is 28.1. The van der Waals surface area contributed by atoms with Gasteiger partial charge in [-0.3, -0.25) is 9.36 Å². The van der Waals surface area contributed by atoms with E-state index in [-0.39, 0.29) is 31.7 Å². The molecule has 1 amide bonds. The molecular formula is C31H39N2O5P. The summed E-state index contributed by atoms with van der Waals surface area (Å²) in [6.45, 7) is 6.07. The minimum atomic E-state index is -3.46. The maximum Gasteiger partial charge on any atom is 0.328 e. The van der Waals surface area contributed by atoms with Gasteiger partial charge in [-0.25, -0.2) is 9.88 Å². The van der Waals surface area contributed by atoms with Crippen LogP contribution >= 0.6 is 7.52 Å². The fourth-order valence-corrected chi connectivity index (χ4v) is 6.28. The smallest absolute Gasteiger partial charge is 0.328 e. The molecule has 3 aromatic carbocycles. The lowest BCUT2D eigenvalue weighted by Crippen LogP contribution is -2.51. The number of esters is 1. The molecule has 0 fully saturated rings. The molecule has 0 saturated heterocycles. The minimum absolute atomic E-state index is 0.118. The SMILES string of the molecule is CCOP(=O)(Cc1ccccc1)N[C@@H](Cc1ccccc1)C(=O)N[C@@H](CC(C)C)C(=O)OCc1ccccc1. The molecule has 0 aromatic heterocycles. The van der Waals surface area contributed by atoms with Crippen LogP contribution in [0.5, 0.6) is 0 Å². The van der Waals surface area contributed by atoms with Crippen LogP contribution in [0, 0.1) is 5.92 Å². The first kappa shape index (κ1) is 30.3. The van der Waals surface area contributed by atoms with Crippen LogP contribution in [0.3, 0.4) is 0 Å². The molecule has 0 radical (unpaired) electrons. The molecular weight excluding hydrogens is 511 g/mol. The van der Waals surface area contributed by atoms with Gasteiger partial charge in [0.1, 0.15) is 12.6 Å². The number of rotatable bonds is 15. The maximum absolute atomic E-state index is 13.9. The Kier molecular flexibility index (Phi) is 11.9. The van der Waals surface area contributed by atoms with Gasteiger partial charge >= 0.3 is 5.97 Å². The van der Waals surface area contributed by atoms with Crippen LogP contribution in [0.25, 0.3) is 0 Å². The number of hydrogen-bond acceptors (Lipinski definition) is 5. The summed E-state index contributed by atoms with van der Waals surface area (Å²) < 4.78 is 25.2. The average Bonchev–Trinajstić information content (AvgIpc) is 2.92. The predicted octanol–water partition coefficient (Wildman–Crippen LogP) is 5.89. The number of carbonyl (C=O) groups excluding carboxylic acids is 2. The summed E-state index contributed by atoms with van der Waals surface area (Å²) in [5, 5.41) is 5.93. The number of benzene rings is 3. The first-order valence-electron chi connectivity index (χ1n) is 13.4. The first-order chi connectivity index (χ1) is 18.8. The number of nitrogens with one attached hydrogen (secondary N) is 2. The van der Waals surface area contributed by atoms with Gasteiger partial charge in [0.25, 0.3) is 7.52 Å². The Balaban J connectivity index is 1.80. The van der Waals surface area contributed by atoms with E-state index in [1.54, 1.807) is 6.92 Å². The van der Waals surface area contributed by atoms with Gasteiger partial charge in [0.2, 0.25) is 5.91 Å². The Morgan fingerprint density at radius 1 is 0.795 bits per heavy atom. The zero-order valence-corrected chi connectivity index (χ0v) is 23.8. The van der Waals surface area contributed by atoms with Gasteiger partial charge in [0.15, 0.2) is 0 Å². The van der Waals surface area contributed by atoms with E-state index >= 15 is 0 Å². The standard InChI is InChI=1S/C31H39N2O5P/c1-4-38-39(36,23-27-18-12-7-13-19-27)33-28(21-25-14-8-5-9-15-25)30(34)32-29(20-24(2)3)31(35)37-22-26-16-10-6-11-17-26/h5-19,24,28-29H,4,20-23H2,1-3H3,(H,32,34)(H,33,36)/t28-,29-,39?/m0/s1. The Labute approximate surface area is 231 Å². The molecule has 1 unspecified atom stereocenters.